The third kappa shape index (κ3) is 5.32. The molecule has 1 atom stereocenters. The summed E-state index contributed by atoms with van der Waals surface area (Å²) in [6.45, 7) is -1.45. The molecule has 0 aliphatic rings. The quantitative estimate of drug-likeness (QED) is 0.488. The fourth-order valence-electron chi connectivity index (χ4n) is 2.73. The van der Waals surface area contributed by atoms with E-state index in [1.165, 1.54) is 30.3 Å². The van der Waals surface area contributed by atoms with Gasteiger partial charge in [-0.1, -0.05) is 24.3 Å². The van der Waals surface area contributed by atoms with Crippen molar-refractivity contribution in [3.63, 3.8) is 0 Å². The van der Waals surface area contributed by atoms with Gasteiger partial charge in [0.25, 0.3) is 0 Å². The van der Waals surface area contributed by atoms with E-state index >= 15 is 0 Å². The number of alkyl halides is 5. The Bertz CT molecular complexity index is 1040. The number of aromatic nitrogens is 1. The Morgan fingerprint density at radius 2 is 1.52 bits per heavy atom. The lowest BCUT2D eigenvalue weighted by molar-refractivity contribution is -0.153. The largest absolute Gasteiger partial charge is 0.484 e. The number of aliphatic hydroxyl groups excluding tert-OH is 1. The van der Waals surface area contributed by atoms with Gasteiger partial charge in [0, 0.05) is 23.4 Å². The van der Waals surface area contributed by atoms with E-state index in [1.807, 2.05) is 0 Å². The number of ether oxygens (including phenoxy) is 1. The molecule has 0 aliphatic carbocycles. The van der Waals surface area contributed by atoms with Crippen LogP contribution in [0.1, 0.15) is 17.4 Å². The maximum absolute atomic E-state index is 14.6. The summed E-state index contributed by atoms with van der Waals surface area (Å²) in [5, 5.41) is 9.95. The van der Waals surface area contributed by atoms with Crippen LogP contribution in [-0.4, -0.2) is 22.9 Å². The molecule has 3 rings (SSSR count). The molecular weight excluding hydrogens is 431 g/mol. The summed E-state index contributed by atoms with van der Waals surface area (Å²) < 4.78 is 97.1. The second-order valence-electron chi connectivity index (χ2n) is 6.55. The first-order chi connectivity index (χ1) is 14.5. The maximum Gasteiger partial charge on any atom is 0.422 e. The summed E-state index contributed by atoms with van der Waals surface area (Å²) in [5.41, 5.74) is -0.805. The van der Waals surface area contributed by atoms with Gasteiger partial charge in [-0.25, -0.2) is 8.78 Å². The minimum absolute atomic E-state index is 0.0263. The zero-order chi connectivity index (χ0) is 22.8. The van der Waals surface area contributed by atoms with Crippen molar-refractivity contribution in [1.29, 1.82) is 0 Å². The number of pyridine rings is 1. The van der Waals surface area contributed by atoms with E-state index in [0.29, 0.717) is 17.2 Å². The monoisotopic (exact) mass is 445 g/mol. The van der Waals surface area contributed by atoms with Crippen molar-refractivity contribution < 1.29 is 40.6 Å². The molecule has 2 aromatic carbocycles. The van der Waals surface area contributed by atoms with Crippen LogP contribution >= 0.6 is 0 Å². The molecule has 0 fully saturated rings. The number of hydrogen-bond donors (Lipinski definition) is 1. The molecule has 31 heavy (non-hydrogen) atoms. The van der Waals surface area contributed by atoms with E-state index in [4.69, 9.17) is 0 Å². The smallest absolute Gasteiger partial charge is 0.422 e. The summed E-state index contributed by atoms with van der Waals surface area (Å²) in [4.78, 5) is 3.63. The SMILES string of the molecule is OC(c1ccc(F)cc1F)C(F)(F)c1ccc(-c2ccc(OCC(F)(F)F)cc2)cn1. The molecule has 3 aromatic rings. The Labute approximate surface area is 171 Å². The van der Waals surface area contributed by atoms with Gasteiger partial charge in [0.2, 0.25) is 0 Å². The zero-order valence-electron chi connectivity index (χ0n) is 15.5. The van der Waals surface area contributed by atoms with Crippen molar-refractivity contribution in [2.75, 3.05) is 6.61 Å². The third-order valence-electron chi connectivity index (χ3n) is 4.30. The van der Waals surface area contributed by atoms with Crippen LogP contribution in [0.5, 0.6) is 5.75 Å². The third-order valence-corrected chi connectivity index (χ3v) is 4.30. The van der Waals surface area contributed by atoms with Gasteiger partial charge in [0.1, 0.15) is 23.1 Å². The number of halogens is 7. The number of nitrogens with zero attached hydrogens (tertiary/aromatic N) is 1. The van der Waals surface area contributed by atoms with Gasteiger partial charge in [-0.15, -0.1) is 0 Å². The van der Waals surface area contributed by atoms with Crippen molar-refractivity contribution in [1.82, 2.24) is 4.98 Å². The molecule has 0 aliphatic heterocycles. The molecular formula is C21H14F7NO2. The number of rotatable bonds is 6. The van der Waals surface area contributed by atoms with E-state index in [9.17, 15) is 35.8 Å². The van der Waals surface area contributed by atoms with Crippen LogP contribution in [0, 0.1) is 11.6 Å². The molecule has 0 saturated carbocycles. The molecule has 1 N–H and O–H groups in total. The van der Waals surface area contributed by atoms with Crippen LogP contribution in [0.2, 0.25) is 0 Å². The summed E-state index contributed by atoms with van der Waals surface area (Å²) in [6, 6.07) is 9.44. The van der Waals surface area contributed by atoms with E-state index in [2.05, 4.69) is 9.72 Å². The minimum Gasteiger partial charge on any atom is -0.484 e. The Balaban J connectivity index is 1.77. The lowest BCUT2D eigenvalue weighted by Gasteiger charge is -2.23. The van der Waals surface area contributed by atoms with E-state index in [1.54, 1.807) is 0 Å². The summed E-state index contributed by atoms with van der Waals surface area (Å²) in [6.07, 6.45) is -6.01. The number of benzene rings is 2. The predicted molar refractivity (Wildman–Crippen MR) is 96.4 cm³/mol. The molecule has 0 radical (unpaired) electrons. The highest BCUT2D eigenvalue weighted by Crippen LogP contribution is 2.40. The van der Waals surface area contributed by atoms with Crippen molar-refractivity contribution in [2.24, 2.45) is 0 Å². The fraction of sp³-hybridized carbons (Fsp3) is 0.190. The molecule has 0 bridgehead atoms. The summed E-state index contributed by atoms with van der Waals surface area (Å²) in [5.74, 6) is -6.31. The Morgan fingerprint density at radius 1 is 0.871 bits per heavy atom. The van der Waals surface area contributed by atoms with Crippen LogP contribution in [-0.2, 0) is 5.92 Å². The van der Waals surface area contributed by atoms with E-state index in [0.717, 1.165) is 24.4 Å². The van der Waals surface area contributed by atoms with Crippen LogP contribution in [0.25, 0.3) is 11.1 Å². The van der Waals surface area contributed by atoms with Crippen LogP contribution in [0.15, 0.2) is 60.8 Å². The number of hydrogen-bond acceptors (Lipinski definition) is 3. The lowest BCUT2D eigenvalue weighted by Crippen LogP contribution is -2.25. The van der Waals surface area contributed by atoms with Crippen molar-refractivity contribution in [3.8, 4) is 16.9 Å². The first-order valence-corrected chi connectivity index (χ1v) is 8.75. The van der Waals surface area contributed by atoms with Gasteiger partial charge in [-0.3, -0.25) is 4.98 Å². The van der Waals surface area contributed by atoms with Crippen LogP contribution < -0.4 is 4.74 Å². The molecule has 1 heterocycles. The number of aliphatic hydroxyl groups is 1. The highest BCUT2D eigenvalue weighted by Gasteiger charge is 2.44. The highest BCUT2D eigenvalue weighted by atomic mass is 19.4. The van der Waals surface area contributed by atoms with Crippen LogP contribution in [0.4, 0.5) is 30.7 Å². The second-order valence-corrected chi connectivity index (χ2v) is 6.55. The van der Waals surface area contributed by atoms with Gasteiger partial charge >= 0.3 is 12.1 Å². The molecule has 0 saturated heterocycles. The van der Waals surface area contributed by atoms with Crippen molar-refractivity contribution in [2.45, 2.75) is 18.2 Å². The molecule has 0 amide bonds. The summed E-state index contributed by atoms with van der Waals surface area (Å²) >= 11 is 0. The first-order valence-electron chi connectivity index (χ1n) is 8.75. The van der Waals surface area contributed by atoms with Gasteiger partial charge in [0.15, 0.2) is 12.7 Å². The Kier molecular flexibility index (Phi) is 6.21. The van der Waals surface area contributed by atoms with Gasteiger partial charge in [0.05, 0.1) is 0 Å². The highest BCUT2D eigenvalue weighted by molar-refractivity contribution is 5.63. The molecule has 10 heteroatoms. The topological polar surface area (TPSA) is 42.4 Å². The normalized spacial score (nSPS) is 13.2. The second kappa shape index (κ2) is 8.54. The zero-order valence-corrected chi connectivity index (χ0v) is 15.5. The molecule has 164 valence electrons. The molecule has 1 aromatic heterocycles. The van der Waals surface area contributed by atoms with E-state index < -0.39 is 47.7 Å². The molecule has 1 unspecified atom stereocenters. The average molecular weight is 445 g/mol. The standard InChI is InChI=1S/C21H14F7NO2/c22-14-4-7-16(17(23)9-14)19(30)21(27,28)18-8-3-13(10-29-18)12-1-5-15(6-2-12)31-11-20(24,25)26/h1-10,19,30H,11H2. The fourth-order valence-corrected chi connectivity index (χ4v) is 2.73. The van der Waals surface area contributed by atoms with Gasteiger partial charge < -0.3 is 9.84 Å². The lowest BCUT2D eigenvalue weighted by atomic mass is 9.99. The van der Waals surface area contributed by atoms with Crippen molar-refractivity contribution >= 4 is 0 Å². The summed E-state index contributed by atoms with van der Waals surface area (Å²) in [7, 11) is 0. The molecule has 3 nitrogen and oxygen atoms in total. The first kappa shape index (κ1) is 22.5. The molecule has 0 spiro atoms. The minimum atomic E-state index is -4.48. The van der Waals surface area contributed by atoms with Gasteiger partial charge in [-0.05, 0) is 29.8 Å². The predicted octanol–water partition coefficient (Wildman–Crippen LogP) is 5.79. The van der Waals surface area contributed by atoms with E-state index in [-0.39, 0.29) is 5.75 Å². The Hall–Kier alpha value is -3.14. The van der Waals surface area contributed by atoms with Crippen LogP contribution in [0.3, 0.4) is 0 Å². The van der Waals surface area contributed by atoms with Crippen molar-refractivity contribution in [3.05, 3.63) is 83.7 Å². The average Bonchev–Trinajstić information content (AvgIpc) is 2.72. The maximum atomic E-state index is 14.6. The Morgan fingerprint density at radius 3 is 2.06 bits per heavy atom. The van der Waals surface area contributed by atoms with Gasteiger partial charge in [-0.2, -0.15) is 22.0 Å².